The van der Waals surface area contributed by atoms with Gasteiger partial charge in [-0.2, -0.15) is 4.31 Å². The quantitative estimate of drug-likeness (QED) is 0.354. The van der Waals surface area contributed by atoms with Crippen LogP contribution in [-0.4, -0.2) is 52.2 Å². The monoisotopic (exact) mass is 497 g/mol. The number of hydrogen-bond acceptors (Lipinski definition) is 6. The van der Waals surface area contributed by atoms with Gasteiger partial charge in [-0.25, -0.2) is 8.42 Å². The predicted molar refractivity (Wildman–Crippen MR) is 134 cm³/mol. The number of nitrogens with one attached hydrogen (secondary N) is 1. The number of aromatic nitrogens is 3. The first-order valence-electron chi connectivity index (χ1n) is 11.1. The second-order valence-corrected chi connectivity index (χ2v) is 10.8. The van der Waals surface area contributed by atoms with E-state index in [4.69, 9.17) is 0 Å². The van der Waals surface area contributed by atoms with Gasteiger partial charge in [0.25, 0.3) is 0 Å². The molecule has 1 saturated heterocycles. The highest BCUT2D eigenvalue weighted by molar-refractivity contribution is 7.99. The molecule has 0 bridgehead atoms. The van der Waals surface area contributed by atoms with E-state index >= 15 is 0 Å². The van der Waals surface area contributed by atoms with Gasteiger partial charge >= 0.3 is 0 Å². The fourth-order valence-corrected chi connectivity index (χ4v) is 6.05. The minimum Gasteiger partial charge on any atom is -0.325 e. The molecular formula is C24H27N5O3S2. The highest BCUT2D eigenvalue weighted by atomic mass is 32.2. The summed E-state index contributed by atoms with van der Waals surface area (Å²) in [5.74, 6) is 0.637. The highest BCUT2D eigenvalue weighted by Crippen LogP contribution is 2.25. The van der Waals surface area contributed by atoms with Crippen LogP contribution in [0.1, 0.15) is 19.3 Å². The van der Waals surface area contributed by atoms with Crippen LogP contribution in [0.5, 0.6) is 0 Å². The summed E-state index contributed by atoms with van der Waals surface area (Å²) >= 11 is 1.28. The zero-order valence-electron chi connectivity index (χ0n) is 18.8. The fourth-order valence-electron chi connectivity index (χ4n) is 3.78. The summed E-state index contributed by atoms with van der Waals surface area (Å²) in [5, 5.41) is 12.0. The minimum atomic E-state index is -3.49. The van der Waals surface area contributed by atoms with Crippen molar-refractivity contribution in [2.45, 2.75) is 35.9 Å². The number of sulfonamides is 1. The van der Waals surface area contributed by atoms with Crippen LogP contribution in [0.3, 0.4) is 0 Å². The molecule has 0 saturated carbocycles. The van der Waals surface area contributed by atoms with Crippen molar-refractivity contribution in [3.05, 3.63) is 67.3 Å². The number of rotatable bonds is 9. The number of benzene rings is 2. The Morgan fingerprint density at radius 3 is 2.41 bits per heavy atom. The van der Waals surface area contributed by atoms with E-state index in [0.717, 1.165) is 24.8 Å². The molecular weight excluding hydrogens is 470 g/mol. The largest absolute Gasteiger partial charge is 0.325 e. The molecule has 4 rings (SSSR count). The second-order valence-electron chi connectivity index (χ2n) is 7.90. The van der Waals surface area contributed by atoms with Gasteiger partial charge in [-0.15, -0.1) is 16.8 Å². The van der Waals surface area contributed by atoms with Gasteiger partial charge in [0, 0.05) is 30.9 Å². The molecule has 10 heteroatoms. The van der Waals surface area contributed by atoms with Crippen LogP contribution in [0.4, 0.5) is 5.69 Å². The molecule has 2 aromatic carbocycles. The molecule has 3 aromatic rings. The number of piperidine rings is 1. The lowest BCUT2D eigenvalue weighted by Gasteiger charge is -2.25. The zero-order chi connectivity index (χ0) is 24.0. The van der Waals surface area contributed by atoms with Crippen molar-refractivity contribution >= 4 is 33.4 Å². The number of allylic oxidation sites excluding steroid dienone is 1. The van der Waals surface area contributed by atoms with E-state index in [2.05, 4.69) is 22.1 Å². The van der Waals surface area contributed by atoms with E-state index in [1.54, 1.807) is 30.3 Å². The van der Waals surface area contributed by atoms with Gasteiger partial charge in [0.1, 0.15) is 0 Å². The van der Waals surface area contributed by atoms with Gasteiger partial charge in [-0.1, -0.05) is 54.6 Å². The number of hydrogen-bond donors (Lipinski definition) is 1. The maximum absolute atomic E-state index is 12.8. The molecule has 1 aliphatic heterocycles. The van der Waals surface area contributed by atoms with Gasteiger partial charge < -0.3 is 5.32 Å². The third kappa shape index (κ3) is 5.57. The van der Waals surface area contributed by atoms with Crippen molar-refractivity contribution in [3.8, 4) is 11.4 Å². The molecule has 1 aliphatic rings. The Labute approximate surface area is 204 Å². The molecule has 1 aromatic heterocycles. The number of nitrogens with zero attached hydrogens (tertiary/aromatic N) is 4. The average molecular weight is 498 g/mol. The Hall–Kier alpha value is -2.95. The van der Waals surface area contributed by atoms with Gasteiger partial charge in [-0.05, 0) is 37.1 Å². The van der Waals surface area contributed by atoms with E-state index in [1.165, 1.54) is 16.1 Å². The molecule has 1 N–H and O–H groups in total. The van der Waals surface area contributed by atoms with Crippen molar-refractivity contribution in [2.24, 2.45) is 0 Å². The van der Waals surface area contributed by atoms with Crippen LogP contribution in [0.25, 0.3) is 11.4 Å². The molecule has 2 heterocycles. The Kier molecular flexibility index (Phi) is 7.81. The minimum absolute atomic E-state index is 0.137. The van der Waals surface area contributed by atoms with Crippen molar-refractivity contribution in [3.63, 3.8) is 0 Å². The summed E-state index contributed by atoms with van der Waals surface area (Å²) in [6, 6.07) is 16.0. The van der Waals surface area contributed by atoms with Crippen LogP contribution >= 0.6 is 11.8 Å². The lowest BCUT2D eigenvalue weighted by Crippen LogP contribution is -2.35. The Balaban J connectivity index is 1.38. The number of carbonyl (C=O) groups excluding carboxylic acids is 1. The summed E-state index contributed by atoms with van der Waals surface area (Å²) in [4.78, 5) is 12.8. The smallest absolute Gasteiger partial charge is 0.243 e. The number of anilines is 1. The van der Waals surface area contributed by atoms with Crippen molar-refractivity contribution in [1.82, 2.24) is 19.1 Å². The lowest BCUT2D eigenvalue weighted by atomic mass is 10.2. The molecule has 0 aliphatic carbocycles. The number of carbonyl (C=O) groups is 1. The van der Waals surface area contributed by atoms with Crippen molar-refractivity contribution in [2.75, 3.05) is 24.2 Å². The predicted octanol–water partition coefficient (Wildman–Crippen LogP) is 4.04. The van der Waals surface area contributed by atoms with E-state index in [1.807, 2.05) is 34.9 Å². The van der Waals surface area contributed by atoms with Crippen LogP contribution in [0.15, 0.2) is 77.3 Å². The van der Waals surface area contributed by atoms with Gasteiger partial charge in [0.15, 0.2) is 11.0 Å². The summed E-state index contributed by atoms with van der Waals surface area (Å²) in [7, 11) is -3.49. The van der Waals surface area contributed by atoms with E-state index in [-0.39, 0.29) is 16.6 Å². The van der Waals surface area contributed by atoms with Gasteiger partial charge in [0.2, 0.25) is 15.9 Å². The molecule has 0 radical (unpaired) electrons. The van der Waals surface area contributed by atoms with Crippen LogP contribution in [0.2, 0.25) is 0 Å². The molecule has 178 valence electrons. The summed E-state index contributed by atoms with van der Waals surface area (Å²) in [5.41, 5.74) is 1.48. The normalized spacial score (nSPS) is 14.6. The van der Waals surface area contributed by atoms with Crippen LogP contribution < -0.4 is 5.32 Å². The molecule has 0 spiro atoms. The lowest BCUT2D eigenvalue weighted by molar-refractivity contribution is -0.113. The van der Waals surface area contributed by atoms with Gasteiger partial charge in [-0.3, -0.25) is 9.36 Å². The van der Waals surface area contributed by atoms with E-state index in [0.29, 0.717) is 36.3 Å². The highest BCUT2D eigenvalue weighted by Gasteiger charge is 2.25. The first-order chi connectivity index (χ1) is 16.5. The molecule has 34 heavy (non-hydrogen) atoms. The molecule has 8 nitrogen and oxygen atoms in total. The Morgan fingerprint density at radius 1 is 1.03 bits per heavy atom. The van der Waals surface area contributed by atoms with Crippen LogP contribution in [-0.2, 0) is 21.4 Å². The SMILES string of the molecule is C=CCn1c(SCC(=O)Nc2ccc(S(=O)(=O)N3CCCCC3)cc2)nnc1-c1ccccc1. The molecule has 0 unspecified atom stereocenters. The zero-order valence-corrected chi connectivity index (χ0v) is 20.4. The Bertz CT molecular complexity index is 1240. The maximum Gasteiger partial charge on any atom is 0.243 e. The molecule has 1 amide bonds. The van der Waals surface area contributed by atoms with E-state index < -0.39 is 10.0 Å². The summed E-state index contributed by atoms with van der Waals surface area (Å²) in [6.07, 6.45) is 4.60. The third-order valence-corrected chi connectivity index (χ3v) is 8.36. The fraction of sp³-hybridized carbons (Fsp3) is 0.292. The standard InChI is InChI=1S/C24H27N5O3S2/c1-2-15-29-23(19-9-5-3-6-10-19)26-27-24(29)33-18-22(30)25-20-11-13-21(14-12-20)34(31,32)28-16-7-4-8-17-28/h2-3,5-6,9-14H,1,4,7-8,15-18H2,(H,25,30). The Morgan fingerprint density at radius 2 is 1.74 bits per heavy atom. The summed E-state index contributed by atoms with van der Waals surface area (Å²) < 4.78 is 29.0. The van der Waals surface area contributed by atoms with Crippen molar-refractivity contribution < 1.29 is 13.2 Å². The average Bonchev–Trinajstić information content (AvgIpc) is 3.27. The van der Waals surface area contributed by atoms with Crippen molar-refractivity contribution in [1.29, 1.82) is 0 Å². The third-order valence-electron chi connectivity index (χ3n) is 5.48. The summed E-state index contributed by atoms with van der Waals surface area (Å²) in [6.45, 7) is 5.44. The molecule has 0 atom stereocenters. The van der Waals surface area contributed by atoms with E-state index in [9.17, 15) is 13.2 Å². The first kappa shape index (κ1) is 24.2. The topological polar surface area (TPSA) is 97.2 Å². The number of amides is 1. The van der Waals surface area contributed by atoms with Crippen LogP contribution in [0, 0.1) is 0 Å². The first-order valence-corrected chi connectivity index (χ1v) is 13.5. The van der Waals surface area contributed by atoms with Gasteiger partial charge in [0.05, 0.1) is 10.6 Å². The second kappa shape index (κ2) is 11.0. The molecule has 1 fully saturated rings. The maximum atomic E-state index is 12.8. The number of thioether (sulfide) groups is 1.